The fourth-order valence-corrected chi connectivity index (χ4v) is 3.14. The molecule has 6 atom stereocenters. The molecule has 0 aliphatic carbocycles. The number of benzene rings is 1. The van der Waals surface area contributed by atoms with Crippen LogP contribution in [0, 0.1) is 0 Å². The van der Waals surface area contributed by atoms with Crippen LogP contribution < -0.4 is 0 Å². The molecule has 21 heavy (non-hydrogen) atoms. The van der Waals surface area contributed by atoms with Crippen LogP contribution in [0.4, 0.5) is 0 Å². The number of ether oxygens (including phenoxy) is 5. The van der Waals surface area contributed by atoms with E-state index in [4.69, 9.17) is 23.7 Å². The van der Waals surface area contributed by atoms with Gasteiger partial charge in [-0.05, 0) is 6.92 Å². The molecule has 2 fully saturated rings. The van der Waals surface area contributed by atoms with Gasteiger partial charge >= 0.3 is 0 Å². The number of fused-ring (bicyclic) bond motifs is 1. The molecular formula is C16H22O5. The van der Waals surface area contributed by atoms with E-state index in [-0.39, 0.29) is 36.8 Å². The molecule has 0 saturated carbocycles. The van der Waals surface area contributed by atoms with Crippen molar-refractivity contribution < 1.29 is 23.7 Å². The molecular weight excluding hydrogens is 272 g/mol. The summed E-state index contributed by atoms with van der Waals surface area (Å²) in [6.07, 6.45) is -1.09. The maximum atomic E-state index is 6.11. The molecule has 6 unspecified atom stereocenters. The molecule has 2 aliphatic rings. The van der Waals surface area contributed by atoms with Gasteiger partial charge in [0.1, 0.15) is 24.4 Å². The van der Waals surface area contributed by atoms with E-state index < -0.39 is 0 Å². The van der Waals surface area contributed by atoms with E-state index in [0.29, 0.717) is 6.61 Å². The normalized spacial score (nSPS) is 39.8. The molecule has 0 amide bonds. The zero-order chi connectivity index (χ0) is 14.8. The highest BCUT2D eigenvalue weighted by atomic mass is 16.7. The Kier molecular flexibility index (Phi) is 4.57. The predicted molar refractivity (Wildman–Crippen MR) is 75.9 cm³/mol. The van der Waals surface area contributed by atoms with Crippen molar-refractivity contribution in [1.82, 2.24) is 0 Å². The summed E-state index contributed by atoms with van der Waals surface area (Å²) >= 11 is 0. The Morgan fingerprint density at radius 1 is 1.00 bits per heavy atom. The molecule has 116 valence electrons. The van der Waals surface area contributed by atoms with Crippen molar-refractivity contribution in [1.29, 1.82) is 0 Å². The lowest BCUT2D eigenvalue weighted by molar-refractivity contribution is -0.331. The van der Waals surface area contributed by atoms with E-state index in [0.717, 1.165) is 5.56 Å². The summed E-state index contributed by atoms with van der Waals surface area (Å²) < 4.78 is 29.0. The van der Waals surface area contributed by atoms with Crippen molar-refractivity contribution >= 4 is 0 Å². The number of methoxy groups -OCH3 is 2. The summed E-state index contributed by atoms with van der Waals surface area (Å²) in [4.78, 5) is 0. The van der Waals surface area contributed by atoms with Gasteiger partial charge in [-0.1, -0.05) is 30.3 Å². The van der Waals surface area contributed by atoms with Crippen LogP contribution in [0.2, 0.25) is 0 Å². The van der Waals surface area contributed by atoms with Crippen molar-refractivity contribution in [3.63, 3.8) is 0 Å². The minimum absolute atomic E-state index is 0.0540. The van der Waals surface area contributed by atoms with Gasteiger partial charge in [0.2, 0.25) is 0 Å². The molecule has 5 heteroatoms. The Hall–Kier alpha value is -0.980. The molecule has 2 heterocycles. The van der Waals surface area contributed by atoms with E-state index in [9.17, 15) is 0 Å². The SMILES string of the molecule is COC1C(C)OC2COC(c3ccccc3)OC2C1OC. The van der Waals surface area contributed by atoms with Crippen LogP contribution >= 0.6 is 0 Å². The highest BCUT2D eigenvalue weighted by Crippen LogP contribution is 2.35. The van der Waals surface area contributed by atoms with E-state index in [1.807, 2.05) is 37.3 Å². The molecule has 2 aliphatic heterocycles. The first kappa shape index (κ1) is 14.9. The third-order valence-corrected chi connectivity index (χ3v) is 4.17. The second-order valence-corrected chi connectivity index (χ2v) is 5.46. The van der Waals surface area contributed by atoms with Gasteiger partial charge in [-0.25, -0.2) is 0 Å². The molecule has 5 nitrogen and oxygen atoms in total. The quantitative estimate of drug-likeness (QED) is 0.852. The van der Waals surface area contributed by atoms with Gasteiger partial charge in [-0.15, -0.1) is 0 Å². The minimum atomic E-state index is -0.389. The molecule has 1 aromatic carbocycles. The summed E-state index contributed by atoms with van der Waals surface area (Å²) in [5.41, 5.74) is 0.999. The molecule has 2 saturated heterocycles. The van der Waals surface area contributed by atoms with Gasteiger partial charge in [-0.3, -0.25) is 0 Å². The number of rotatable bonds is 3. The van der Waals surface area contributed by atoms with Crippen LogP contribution in [0.5, 0.6) is 0 Å². The monoisotopic (exact) mass is 294 g/mol. The van der Waals surface area contributed by atoms with Gasteiger partial charge in [0.15, 0.2) is 6.29 Å². The fourth-order valence-electron chi connectivity index (χ4n) is 3.14. The highest BCUT2D eigenvalue weighted by molar-refractivity contribution is 5.16. The van der Waals surface area contributed by atoms with Crippen LogP contribution in [-0.2, 0) is 23.7 Å². The van der Waals surface area contributed by atoms with Crippen LogP contribution in [0.25, 0.3) is 0 Å². The van der Waals surface area contributed by atoms with E-state index in [1.165, 1.54) is 0 Å². The summed E-state index contributed by atoms with van der Waals surface area (Å²) in [5.74, 6) is 0. The van der Waals surface area contributed by atoms with Crippen molar-refractivity contribution in [2.24, 2.45) is 0 Å². The van der Waals surface area contributed by atoms with Crippen molar-refractivity contribution in [3.05, 3.63) is 35.9 Å². The fraction of sp³-hybridized carbons (Fsp3) is 0.625. The summed E-state index contributed by atoms with van der Waals surface area (Å²) in [6.45, 7) is 2.48. The Balaban J connectivity index is 1.78. The van der Waals surface area contributed by atoms with Crippen LogP contribution in [0.3, 0.4) is 0 Å². The standard InChI is InChI=1S/C16H22O5/c1-10-13(17-2)15(18-3)14-12(20-10)9-19-16(21-14)11-7-5-4-6-8-11/h4-8,10,12-16H,9H2,1-3H3. The lowest BCUT2D eigenvalue weighted by Crippen LogP contribution is -2.62. The average Bonchev–Trinajstić information content (AvgIpc) is 2.54. The Labute approximate surface area is 125 Å². The zero-order valence-corrected chi connectivity index (χ0v) is 12.6. The molecule has 1 aromatic rings. The Morgan fingerprint density at radius 2 is 1.71 bits per heavy atom. The maximum Gasteiger partial charge on any atom is 0.184 e. The first-order chi connectivity index (χ1) is 10.2. The Morgan fingerprint density at radius 3 is 2.38 bits per heavy atom. The molecule has 0 bridgehead atoms. The maximum absolute atomic E-state index is 6.11. The van der Waals surface area contributed by atoms with E-state index in [2.05, 4.69) is 0 Å². The van der Waals surface area contributed by atoms with Gasteiger partial charge in [-0.2, -0.15) is 0 Å². The highest BCUT2D eigenvalue weighted by Gasteiger charge is 2.49. The largest absolute Gasteiger partial charge is 0.376 e. The average molecular weight is 294 g/mol. The Bertz CT molecular complexity index is 451. The second kappa shape index (κ2) is 6.42. The van der Waals surface area contributed by atoms with Crippen molar-refractivity contribution in [2.75, 3.05) is 20.8 Å². The third kappa shape index (κ3) is 2.84. The summed E-state index contributed by atoms with van der Waals surface area (Å²) in [7, 11) is 3.35. The molecule has 0 spiro atoms. The van der Waals surface area contributed by atoms with Crippen LogP contribution in [-0.4, -0.2) is 51.3 Å². The third-order valence-electron chi connectivity index (χ3n) is 4.17. The van der Waals surface area contributed by atoms with Gasteiger partial charge in [0, 0.05) is 19.8 Å². The lowest BCUT2D eigenvalue weighted by atomic mass is 9.94. The first-order valence-corrected chi connectivity index (χ1v) is 7.27. The minimum Gasteiger partial charge on any atom is -0.376 e. The van der Waals surface area contributed by atoms with Crippen LogP contribution in [0.15, 0.2) is 30.3 Å². The molecule has 0 radical (unpaired) electrons. The number of hydrogen-bond donors (Lipinski definition) is 0. The molecule has 3 rings (SSSR count). The van der Waals surface area contributed by atoms with Crippen molar-refractivity contribution in [3.8, 4) is 0 Å². The summed E-state index contributed by atoms with van der Waals surface area (Å²) in [6, 6.07) is 9.90. The topological polar surface area (TPSA) is 46.2 Å². The smallest absolute Gasteiger partial charge is 0.184 e. The first-order valence-electron chi connectivity index (χ1n) is 7.27. The molecule has 0 aromatic heterocycles. The number of hydrogen-bond acceptors (Lipinski definition) is 5. The van der Waals surface area contributed by atoms with Gasteiger partial charge < -0.3 is 23.7 Å². The molecule has 0 N–H and O–H groups in total. The van der Waals surface area contributed by atoms with E-state index >= 15 is 0 Å². The predicted octanol–water partition coefficient (Wildman–Crippen LogP) is 1.92. The lowest BCUT2D eigenvalue weighted by Gasteiger charge is -2.48. The van der Waals surface area contributed by atoms with Crippen LogP contribution in [0.1, 0.15) is 18.8 Å². The summed E-state index contributed by atoms with van der Waals surface area (Å²) in [5, 5.41) is 0. The zero-order valence-electron chi connectivity index (χ0n) is 12.6. The van der Waals surface area contributed by atoms with Gasteiger partial charge in [0.25, 0.3) is 0 Å². The van der Waals surface area contributed by atoms with Gasteiger partial charge in [0.05, 0.1) is 12.7 Å². The van der Waals surface area contributed by atoms with Crippen molar-refractivity contribution in [2.45, 2.75) is 43.7 Å². The second-order valence-electron chi connectivity index (χ2n) is 5.46. The van der Waals surface area contributed by atoms with E-state index in [1.54, 1.807) is 14.2 Å².